The monoisotopic (exact) mass is 356 g/mol. The van der Waals surface area contributed by atoms with Gasteiger partial charge >= 0.3 is 0 Å². The molecule has 1 amide bonds. The number of sulfone groups is 1. The normalized spacial score (nSPS) is 11.3. The molecule has 1 N–H and O–H groups in total. The number of benzene rings is 1. The van der Waals surface area contributed by atoms with Crippen LogP contribution in [0.1, 0.15) is 10.4 Å². The topological polar surface area (TPSA) is 94.0 Å². The van der Waals surface area contributed by atoms with Crippen molar-refractivity contribution in [1.82, 2.24) is 14.8 Å². The fourth-order valence-corrected chi connectivity index (χ4v) is 2.97. The van der Waals surface area contributed by atoms with E-state index in [9.17, 15) is 13.2 Å². The summed E-state index contributed by atoms with van der Waals surface area (Å²) in [7, 11) is -1.53. The maximum Gasteiger partial charge on any atom is 0.257 e. The Hall–Kier alpha value is -3.00. The van der Waals surface area contributed by atoms with Gasteiger partial charge in [0.1, 0.15) is 0 Å². The molecule has 7 nitrogen and oxygen atoms in total. The van der Waals surface area contributed by atoms with Gasteiger partial charge in [-0.05, 0) is 24.3 Å². The predicted octanol–water partition coefficient (Wildman–Crippen LogP) is 2.14. The number of carbonyl (C=O) groups excluding carboxylic acids is 1. The maximum atomic E-state index is 12.4. The standard InChI is InChI=1S/C17H16N4O3S/c1-21-11-14(10-19-21)12-6-13(9-18-8-12)17(22)20-15-4-3-5-16(7-15)25(2,23)24/h3-11H,1-2H3,(H,20,22). The summed E-state index contributed by atoms with van der Waals surface area (Å²) in [6.07, 6.45) is 7.74. The Morgan fingerprint density at radius 2 is 1.92 bits per heavy atom. The van der Waals surface area contributed by atoms with E-state index in [1.807, 2.05) is 13.2 Å². The number of amides is 1. The molecule has 2 aromatic heterocycles. The average molecular weight is 356 g/mol. The number of pyridine rings is 1. The highest BCUT2D eigenvalue weighted by Gasteiger charge is 2.12. The summed E-state index contributed by atoms with van der Waals surface area (Å²) in [4.78, 5) is 16.7. The summed E-state index contributed by atoms with van der Waals surface area (Å²) in [6, 6.07) is 7.82. The lowest BCUT2D eigenvalue weighted by Crippen LogP contribution is -2.12. The number of carbonyl (C=O) groups is 1. The molecule has 3 aromatic rings. The number of nitrogens with one attached hydrogen (secondary N) is 1. The lowest BCUT2D eigenvalue weighted by atomic mass is 10.1. The van der Waals surface area contributed by atoms with Gasteiger partial charge < -0.3 is 5.32 Å². The average Bonchev–Trinajstić information content (AvgIpc) is 3.01. The first-order chi connectivity index (χ1) is 11.8. The number of aromatic nitrogens is 3. The number of rotatable bonds is 4. The van der Waals surface area contributed by atoms with Crippen molar-refractivity contribution in [3.05, 3.63) is 60.7 Å². The van der Waals surface area contributed by atoms with Gasteiger partial charge in [-0.15, -0.1) is 0 Å². The third-order valence-corrected chi connectivity index (χ3v) is 4.67. The first-order valence-corrected chi connectivity index (χ1v) is 9.27. The van der Waals surface area contributed by atoms with Crippen LogP contribution in [0.15, 0.2) is 60.0 Å². The zero-order valence-corrected chi connectivity index (χ0v) is 14.5. The summed E-state index contributed by atoms with van der Waals surface area (Å²) in [5.74, 6) is -0.371. The smallest absolute Gasteiger partial charge is 0.257 e. The lowest BCUT2D eigenvalue weighted by molar-refractivity contribution is 0.102. The summed E-state index contributed by atoms with van der Waals surface area (Å²) >= 11 is 0. The molecule has 128 valence electrons. The van der Waals surface area contributed by atoms with Gasteiger partial charge in [0, 0.05) is 48.7 Å². The van der Waals surface area contributed by atoms with E-state index in [0.717, 1.165) is 17.4 Å². The zero-order chi connectivity index (χ0) is 18.0. The van der Waals surface area contributed by atoms with Crippen LogP contribution in [-0.4, -0.2) is 35.3 Å². The minimum atomic E-state index is -3.34. The molecule has 3 rings (SSSR count). The molecule has 0 radical (unpaired) electrons. The SMILES string of the molecule is Cn1cc(-c2cncc(C(=O)Nc3cccc(S(C)(=O)=O)c3)c2)cn1. The van der Waals surface area contributed by atoms with E-state index in [1.165, 1.54) is 18.3 Å². The second kappa shape index (κ2) is 6.48. The minimum absolute atomic E-state index is 0.146. The molecule has 2 heterocycles. The van der Waals surface area contributed by atoms with Crippen molar-refractivity contribution in [2.24, 2.45) is 7.05 Å². The first kappa shape index (κ1) is 16.8. The predicted molar refractivity (Wildman–Crippen MR) is 93.9 cm³/mol. The Morgan fingerprint density at radius 1 is 1.12 bits per heavy atom. The van der Waals surface area contributed by atoms with Crippen LogP contribution in [-0.2, 0) is 16.9 Å². The Morgan fingerprint density at radius 3 is 2.60 bits per heavy atom. The Balaban J connectivity index is 1.85. The van der Waals surface area contributed by atoms with E-state index in [0.29, 0.717) is 11.3 Å². The van der Waals surface area contributed by atoms with Crippen LogP contribution in [0.4, 0.5) is 5.69 Å². The second-order valence-electron chi connectivity index (χ2n) is 5.62. The summed E-state index contributed by atoms with van der Waals surface area (Å²) < 4.78 is 24.9. The van der Waals surface area contributed by atoms with Gasteiger partial charge in [-0.2, -0.15) is 5.10 Å². The second-order valence-corrected chi connectivity index (χ2v) is 7.63. The highest BCUT2D eigenvalue weighted by molar-refractivity contribution is 7.90. The highest BCUT2D eigenvalue weighted by atomic mass is 32.2. The Bertz CT molecular complexity index is 1040. The molecule has 0 bridgehead atoms. The molecular weight excluding hydrogens is 340 g/mol. The van der Waals surface area contributed by atoms with Gasteiger partial charge in [0.25, 0.3) is 5.91 Å². The van der Waals surface area contributed by atoms with Crippen molar-refractivity contribution in [2.75, 3.05) is 11.6 Å². The van der Waals surface area contributed by atoms with E-state index >= 15 is 0 Å². The van der Waals surface area contributed by atoms with Crippen LogP contribution in [0.5, 0.6) is 0 Å². The van der Waals surface area contributed by atoms with Crippen molar-refractivity contribution >= 4 is 21.4 Å². The fraction of sp³-hybridized carbons (Fsp3) is 0.118. The lowest BCUT2D eigenvalue weighted by Gasteiger charge is -2.07. The largest absolute Gasteiger partial charge is 0.322 e. The van der Waals surface area contributed by atoms with Crippen LogP contribution < -0.4 is 5.32 Å². The molecule has 0 saturated carbocycles. The van der Waals surface area contributed by atoms with Crippen molar-refractivity contribution in [3.8, 4) is 11.1 Å². The highest BCUT2D eigenvalue weighted by Crippen LogP contribution is 2.20. The van der Waals surface area contributed by atoms with Gasteiger partial charge in [-0.3, -0.25) is 14.5 Å². The van der Waals surface area contributed by atoms with Gasteiger partial charge in [0.2, 0.25) is 0 Å². The minimum Gasteiger partial charge on any atom is -0.322 e. The molecule has 1 aromatic carbocycles. The summed E-state index contributed by atoms with van der Waals surface area (Å²) in [5, 5.41) is 6.79. The number of nitrogens with zero attached hydrogens (tertiary/aromatic N) is 3. The van der Waals surface area contributed by atoms with Crippen LogP contribution in [0.25, 0.3) is 11.1 Å². The number of anilines is 1. The molecule has 25 heavy (non-hydrogen) atoms. The number of hydrogen-bond acceptors (Lipinski definition) is 5. The maximum absolute atomic E-state index is 12.4. The van der Waals surface area contributed by atoms with Crippen molar-refractivity contribution < 1.29 is 13.2 Å². The van der Waals surface area contributed by atoms with Gasteiger partial charge in [0.15, 0.2) is 9.84 Å². The zero-order valence-electron chi connectivity index (χ0n) is 13.7. The molecule has 0 aliphatic heterocycles. The number of aryl methyl sites for hydroxylation is 1. The van der Waals surface area contributed by atoms with Crippen molar-refractivity contribution in [1.29, 1.82) is 0 Å². The molecular formula is C17H16N4O3S. The Kier molecular flexibility index (Phi) is 4.37. The molecule has 8 heteroatoms. The molecule has 0 fully saturated rings. The Labute approximate surface area is 145 Å². The van der Waals surface area contributed by atoms with Crippen molar-refractivity contribution in [3.63, 3.8) is 0 Å². The molecule has 0 aliphatic carbocycles. The van der Waals surface area contributed by atoms with Gasteiger partial charge in [-0.1, -0.05) is 6.07 Å². The van der Waals surface area contributed by atoms with Crippen LogP contribution in [0, 0.1) is 0 Å². The van der Waals surface area contributed by atoms with E-state index in [-0.39, 0.29) is 10.8 Å². The van der Waals surface area contributed by atoms with Crippen LogP contribution >= 0.6 is 0 Å². The molecule has 0 atom stereocenters. The quantitative estimate of drug-likeness (QED) is 0.773. The fourth-order valence-electron chi connectivity index (χ4n) is 2.30. The van der Waals surface area contributed by atoms with Gasteiger partial charge in [0.05, 0.1) is 16.7 Å². The van der Waals surface area contributed by atoms with Crippen molar-refractivity contribution in [2.45, 2.75) is 4.90 Å². The van der Waals surface area contributed by atoms with E-state index in [1.54, 1.807) is 35.3 Å². The van der Waals surface area contributed by atoms with Crippen LogP contribution in [0.3, 0.4) is 0 Å². The molecule has 0 spiro atoms. The van der Waals surface area contributed by atoms with Gasteiger partial charge in [-0.25, -0.2) is 8.42 Å². The molecule has 0 aliphatic rings. The summed E-state index contributed by atoms with van der Waals surface area (Å²) in [6.45, 7) is 0. The van der Waals surface area contributed by atoms with Crippen LogP contribution in [0.2, 0.25) is 0 Å². The molecule has 0 saturated heterocycles. The third kappa shape index (κ3) is 3.92. The first-order valence-electron chi connectivity index (χ1n) is 7.38. The van der Waals surface area contributed by atoms with E-state index in [4.69, 9.17) is 0 Å². The number of hydrogen-bond donors (Lipinski definition) is 1. The molecule has 0 unspecified atom stereocenters. The van der Waals surface area contributed by atoms with E-state index < -0.39 is 9.84 Å². The third-order valence-electron chi connectivity index (χ3n) is 3.56. The van der Waals surface area contributed by atoms with E-state index in [2.05, 4.69) is 15.4 Å². The summed E-state index contributed by atoms with van der Waals surface area (Å²) in [5.41, 5.74) is 2.39.